The third-order valence-electron chi connectivity index (χ3n) is 1.78. The fraction of sp³-hybridized carbons (Fsp3) is 0.818. The summed E-state index contributed by atoms with van der Waals surface area (Å²) < 4.78 is 0. The quantitative estimate of drug-likeness (QED) is 0.643. The third kappa shape index (κ3) is 6.41. The lowest BCUT2D eigenvalue weighted by Crippen LogP contribution is -2.11. The number of aliphatic hydroxyl groups excluding tert-OH is 1. The van der Waals surface area contributed by atoms with Crippen molar-refractivity contribution in [1.82, 2.24) is 0 Å². The van der Waals surface area contributed by atoms with E-state index in [1.54, 1.807) is 0 Å². The van der Waals surface area contributed by atoms with Crippen LogP contribution in [-0.2, 0) is 0 Å². The molecular formula is C11H22O. The Morgan fingerprint density at radius 1 is 1.42 bits per heavy atom. The molecule has 1 nitrogen and oxygen atoms in total. The smallest absolute Gasteiger partial charge is 0.0574 e. The van der Waals surface area contributed by atoms with Crippen LogP contribution >= 0.6 is 0 Å². The molecule has 0 fully saturated rings. The Hall–Kier alpha value is -0.300. The van der Waals surface area contributed by atoms with Gasteiger partial charge in [-0.05, 0) is 24.7 Å². The largest absolute Gasteiger partial charge is 0.393 e. The monoisotopic (exact) mass is 170 g/mol. The molecule has 1 N–H and O–H groups in total. The number of hydrogen-bond acceptors (Lipinski definition) is 1. The van der Waals surface area contributed by atoms with E-state index in [1.165, 1.54) is 0 Å². The van der Waals surface area contributed by atoms with Gasteiger partial charge in [0.05, 0.1) is 6.10 Å². The van der Waals surface area contributed by atoms with Gasteiger partial charge in [-0.15, -0.1) is 0 Å². The Balaban J connectivity index is 3.75. The molecule has 1 atom stereocenters. The lowest BCUT2D eigenvalue weighted by molar-refractivity contribution is 0.167. The maximum Gasteiger partial charge on any atom is 0.0574 e. The van der Waals surface area contributed by atoms with Gasteiger partial charge in [0.2, 0.25) is 0 Å². The molecule has 0 aromatic heterocycles. The highest BCUT2D eigenvalue weighted by atomic mass is 16.3. The van der Waals surface area contributed by atoms with E-state index >= 15 is 0 Å². The van der Waals surface area contributed by atoms with Crippen LogP contribution in [0.15, 0.2) is 12.2 Å². The highest BCUT2D eigenvalue weighted by Gasteiger charge is 2.13. The van der Waals surface area contributed by atoms with Crippen molar-refractivity contribution in [3.05, 3.63) is 12.2 Å². The van der Waals surface area contributed by atoms with E-state index in [4.69, 9.17) is 0 Å². The second kappa shape index (κ2) is 4.66. The lowest BCUT2D eigenvalue weighted by atomic mass is 9.86. The van der Waals surface area contributed by atoms with Crippen LogP contribution in [0, 0.1) is 5.41 Å². The second-order valence-corrected chi connectivity index (χ2v) is 4.75. The molecule has 0 aliphatic rings. The highest BCUT2D eigenvalue weighted by molar-refractivity contribution is 4.99. The third-order valence-corrected chi connectivity index (χ3v) is 1.78. The van der Waals surface area contributed by atoms with Crippen LogP contribution in [0.5, 0.6) is 0 Å². The number of rotatable bonds is 4. The molecule has 0 heterocycles. The van der Waals surface area contributed by atoms with E-state index < -0.39 is 0 Å². The van der Waals surface area contributed by atoms with E-state index in [0.717, 1.165) is 24.8 Å². The zero-order valence-corrected chi connectivity index (χ0v) is 8.85. The first-order chi connectivity index (χ1) is 5.35. The van der Waals surface area contributed by atoms with E-state index in [-0.39, 0.29) is 6.10 Å². The van der Waals surface area contributed by atoms with Crippen molar-refractivity contribution in [1.29, 1.82) is 0 Å². The topological polar surface area (TPSA) is 20.2 Å². The van der Waals surface area contributed by atoms with Gasteiger partial charge < -0.3 is 5.11 Å². The zero-order valence-electron chi connectivity index (χ0n) is 8.85. The molecule has 0 saturated heterocycles. The van der Waals surface area contributed by atoms with Crippen LogP contribution in [0.4, 0.5) is 0 Å². The van der Waals surface area contributed by atoms with Crippen LogP contribution in [0.1, 0.15) is 47.0 Å². The van der Waals surface area contributed by atoms with Gasteiger partial charge in [0.25, 0.3) is 0 Å². The van der Waals surface area contributed by atoms with Gasteiger partial charge in [-0.1, -0.05) is 39.8 Å². The maximum absolute atomic E-state index is 9.36. The number of aliphatic hydroxyl groups is 1. The molecule has 1 unspecified atom stereocenters. The fourth-order valence-corrected chi connectivity index (χ4v) is 1.30. The molecule has 0 amide bonds. The van der Waals surface area contributed by atoms with Gasteiger partial charge >= 0.3 is 0 Å². The molecule has 0 radical (unpaired) electrons. The average molecular weight is 170 g/mol. The Morgan fingerprint density at radius 3 is 2.25 bits per heavy atom. The van der Waals surface area contributed by atoms with E-state index in [2.05, 4.69) is 27.4 Å². The SMILES string of the molecule is C=C(CC(O)CC)CC(C)(C)C. The predicted molar refractivity (Wildman–Crippen MR) is 54.1 cm³/mol. The van der Waals surface area contributed by atoms with Crippen molar-refractivity contribution < 1.29 is 5.11 Å². The first-order valence-electron chi connectivity index (χ1n) is 4.70. The molecule has 1 heteroatoms. The minimum Gasteiger partial charge on any atom is -0.393 e. The van der Waals surface area contributed by atoms with Gasteiger partial charge in [-0.2, -0.15) is 0 Å². The van der Waals surface area contributed by atoms with Crippen molar-refractivity contribution in [2.45, 2.75) is 53.1 Å². The van der Waals surface area contributed by atoms with Gasteiger partial charge in [0.1, 0.15) is 0 Å². The van der Waals surface area contributed by atoms with Gasteiger partial charge in [0.15, 0.2) is 0 Å². The molecule has 72 valence electrons. The van der Waals surface area contributed by atoms with Crippen molar-refractivity contribution in [2.24, 2.45) is 5.41 Å². The summed E-state index contributed by atoms with van der Waals surface area (Å²) in [6.45, 7) is 12.5. The van der Waals surface area contributed by atoms with Crippen molar-refractivity contribution in [3.8, 4) is 0 Å². The van der Waals surface area contributed by atoms with Gasteiger partial charge in [-0.25, -0.2) is 0 Å². The minimum absolute atomic E-state index is 0.195. The number of hydrogen-bond donors (Lipinski definition) is 1. The summed E-state index contributed by atoms with van der Waals surface area (Å²) in [4.78, 5) is 0. The molecule has 0 aliphatic carbocycles. The van der Waals surface area contributed by atoms with Crippen molar-refractivity contribution >= 4 is 0 Å². The molecule has 0 rings (SSSR count). The summed E-state index contributed by atoms with van der Waals surface area (Å²) in [5.74, 6) is 0. The maximum atomic E-state index is 9.36. The van der Waals surface area contributed by atoms with E-state index in [1.807, 2.05) is 6.92 Å². The lowest BCUT2D eigenvalue weighted by Gasteiger charge is -2.20. The fourth-order valence-electron chi connectivity index (χ4n) is 1.30. The molecule has 0 bridgehead atoms. The normalized spacial score (nSPS) is 14.4. The summed E-state index contributed by atoms with van der Waals surface area (Å²) >= 11 is 0. The van der Waals surface area contributed by atoms with Crippen LogP contribution in [0.3, 0.4) is 0 Å². The Bertz CT molecular complexity index is 142. The summed E-state index contributed by atoms with van der Waals surface area (Å²) in [5.41, 5.74) is 1.46. The molecule has 0 aromatic carbocycles. The molecule has 0 saturated carbocycles. The summed E-state index contributed by atoms with van der Waals surface area (Å²) in [6, 6.07) is 0. The van der Waals surface area contributed by atoms with E-state index in [9.17, 15) is 5.11 Å². The van der Waals surface area contributed by atoms with Gasteiger partial charge in [-0.3, -0.25) is 0 Å². The van der Waals surface area contributed by atoms with E-state index in [0.29, 0.717) is 5.41 Å². The first kappa shape index (κ1) is 11.7. The molecule has 0 spiro atoms. The second-order valence-electron chi connectivity index (χ2n) is 4.75. The summed E-state index contributed by atoms with van der Waals surface area (Å²) in [6.07, 6.45) is 2.39. The van der Waals surface area contributed by atoms with Crippen molar-refractivity contribution in [2.75, 3.05) is 0 Å². The predicted octanol–water partition coefficient (Wildman–Crippen LogP) is 3.14. The van der Waals surface area contributed by atoms with Crippen LogP contribution in [0.2, 0.25) is 0 Å². The summed E-state index contributed by atoms with van der Waals surface area (Å²) in [5, 5.41) is 9.36. The molecular weight excluding hydrogens is 148 g/mol. The molecule has 12 heavy (non-hydrogen) atoms. The molecule has 0 aromatic rings. The first-order valence-corrected chi connectivity index (χ1v) is 4.70. The van der Waals surface area contributed by atoms with Crippen molar-refractivity contribution in [3.63, 3.8) is 0 Å². The van der Waals surface area contributed by atoms with Crippen LogP contribution in [0.25, 0.3) is 0 Å². The Morgan fingerprint density at radius 2 is 1.92 bits per heavy atom. The summed E-state index contributed by atoms with van der Waals surface area (Å²) in [7, 11) is 0. The zero-order chi connectivity index (χ0) is 9.78. The minimum atomic E-state index is -0.195. The highest BCUT2D eigenvalue weighted by Crippen LogP contribution is 2.25. The van der Waals surface area contributed by atoms with Gasteiger partial charge in [0, 0.05) is 0 Å². The Kier molecular flexibility index (Phi) is 4.54. The van der Waals surface area contributed by atoms with Crippen LogP contribution in [-0.4, -0.2) is 11.2 Å². The average Bonchev–Trinajstić information content (AvgIpc) is 1.82. The van der Waals surface area contributed by atoms with Crippen LogP contribution < -0.4 is 0 Å². The molecule has 0 aliphatic heterocycles. The standard InChI is InChI=1S/C11H22O/c1-6-10(12)7-9(2)8-11(3,4)5/h10,12H,2,6-8H2,1,3-5H3. The Labute approximate surface area is 76.5 Å².